The summed E-state index contributed by atoms with van der Waals surface area (Å²) in [5.41, 5.74) is 8.99. The van der Waals surface area contributed by atoms with E-state index in [1.807, 2.05) is 24.3 Å². The lowest BCUT2D eigenvalue weighted by molar-refractivity contribution is 0.102. The molecular formula is C17H20N2O. The van der Waals surface area contributed by atoms with E-state index in [2.05, 4.69) is 26.1 Å². The first-order valence-electron chi connectivity index (χ1n) is 6.64. The predicted molar refractivity (Wildman–Crippen MR) is 83.9 cm³/mol. The van der Waals surface area contributed by atoms with Crippen molar-refractivity contribution in [3.8, 4) is 0 Å². The van der Waals surface area contributed by atoms with Gasteiger partial charge < -0.3 is 11.1 Å². The van der Waals surface area contributed by atoms with Crippen LogP contribution in [0, 0.1) is 0 Å². The van der Waals surface area contributed by atoms with Gasteiger partial charge in [-0.1, -0.05) is 32.9 Å². The molecule has 0 aliphatic heterocycles. The summed E-state index contributed by atoms with van der Waals surface area (Å²) in [4.78, 5) is 12.1. The number of carbonyl (C=O) groups is 1. The Labute approximate surface area is 119 Å². The molecule has 2 rings (SSSR count). The van der Waals surface area contributed by atoms with Crippen LogP contribution in [0.4, 0.5) is 11.4 Å². The van der Waals surface area contributed by atoms with Crippen molar-refractivity contribution in [3.63, 3.8) is 0 Å². The van der Waals surface area contributed by atoms with E-state index in [0.29, 0.717) is 11.3 Å². The number of nitrogens with one attached hydrogen (secondary N) is 1. The lowest BCUT2D eigenvalue weighted by atomic mass is 9.87. The maximum atomic E-state index is 12.1. The standard InChI is InChI=1S/C17H20N2O/c1-17(2,3)13-6-10-15(11-7-13)19-16(20)12-4-8-14(18)9-5-12/h4-11H,18H2,1-3H3,(H,19,20). The second kappa shape index (κ2) is 5.37. The Hall–Kier alpha value is -2.29. The van der Waals surface area contributed by atoms with Crippen LogP contribution < -0.4 is 11.1 Å². The number of rotatable bonds is 2. The van der Waals surface area contributed by atoms with Gasteiger partial charge in [0.2, 0.25) is 0 Å². The van der Waals surface area contributed by atoms with E-state index in [0.717, 1.165) is 5.69 Å². The van der Waals surface area contributed by atoms with Gasteiger partial charge in [0.05, 0.1) is 0 Å². The Balaban J connectivity index is 2.10. The first kappa shape index (κ1) is 14.1. The molecule has 1 amide bonds. The van der Waals surface area contributed by atoms with Gasteiger partial charge in [-0.25, -0.2) is 0 Å². The van der Waals surface area contributed by atoms with Gasteiger partial charge >= 0.3 is 0 Å². The number of benzene rings is 2. The summed E-state index contributed by atoms with van der Waals surface area (Å²) in [6.07, 6.45) is 0. The van der Waals surface area contributed by atoms with Crippen LogP contribution in [0.25, 0.3) is 0 Å². The highest BCUT2D eigenvalue weighted by Crippen LogP contribution is 2.23. The highest BCUT2D eigenvalue weighted by atomic mass is 16.1. The molecule has 3 nitrogen and oxygen atoms in total. The fourth-order valence-corrected chi connectivity index (χ4v) is 1.89. The molecule has 0 unspecified atom stereocenters. The summed E-state index contributed by atoms with van der Waals surface area (Å²) < 4.78 is 0. The minimum absolute atomic E-state index is 0.111. The van der Waals surface area contributed by atoms with Crippen LogP contribution in [0.15, 0.2) is 48.5 Å². The Morgan fingerprint density at radius 3 is 2.00 bits per heavy atom. The molecule has 0 saturated carbocycles. The quantitative estimate of drug-likeness (QED) is 0.813. The number of anilines is 2. The number of hydrogen-bond acceptors (Lipinski definition) is 2. The van der Waals surface area contributed by atoms with Crippen LogP contribution in [-0.2, 0) is 5.41 Å². The first-order valence-corrected chi connectivity index (χ1v) is 6.64. The molecule has 0 aliphatic rings. The number of nitrogen functional groups attached to an aromatic ring is 1. The molecule has 0 aromatic heterocycles. The van der Waals surface area contributed by atoms with Crippen molar-refractivity contribution in [1.29, 1.82) is 0 Å². The SMILES string of the molecule is CC(C)(C)c1ccc(NC(=O)c2ccc(N)cc2)cc1. The molecule has 2 aromatic carbocycles. The monoisotopic (exact) mass is 268 g/mol. The van der Waals surface area contributed by atoms with Crippen molar-refractivity contribution in [2.45, 2.75) is 26.2 Å². The van der Waals surface area contributed by atoms with Crippen molar-refractivity contribution in [3.05, 3.63) is 59.7 Å². The molecule has 2 aromatic rings. The zero-order chi connectivity index (χ0) is 14.8. The van der Waals surface area contributed by atoms with Crippen molar-refractivity contribution in [1.82, 2.24) is 0 Å². The van der Waals surface area contributed by atoms with Crippen LogP contribution in [0.1, 0.15) is 36.7 Å². The molecule has 0 atom stereocenters. The van der Waals surface area contributed by atoms with E-state index >= 15 is 0 Å². The van der Waals surface area contributed by atoms with Crippen molar-refractivity contribution in [2.24, 2.45) is 0 Å². The van der Waals surface area contributed by atoms with Gasteiger partial charge in [0.25, 0.3) is 5.91 Å². The largest absolute Gasteiger partial charge is 0.399 e. The van der Waals surface area contributed by atoms with E-state index in [4.69, 9.17) is 5.73 Å². The fraction of sp³-hybridized carbons (Fsp3) is 0.235. The molecular weight excluding hydrogens is 248 g/mol. The lowest BCUT2D eigenvalue weighted by Crippen LogP contribution is -2.13. The number of nitrogens with two attached hydrogens (primary N) is 1. The van der Waals surface area contributed by atoms with E-state index in [-0.39, 0.29) is 11.3 Å². The molecule has 20 heavy (non-hydrogen) atoms. The summed E-state index contributed by atoms with van der Waals surface area (Å²) in [7, 11) is 0. The number of hydrogen-bond donors (Lipinski definition) is 2. The number of amides is 1. The van der Waals surface area contributed by atoms with Gasteiger partial charge in [0.1, 0.15) is 0 Å². The molecule has 0 aliphatic carbocycles. The average Bonchev–Trinajstić information content (AvgIpc) is 2.39. The van der Waals surface area contributed by atoms with E-state index in [1.54, 1.807) is 24.3 Å². The highest BCUT2D eigenvalue weighted by Gasteiger charge is 2.13. The highest BCUT2D eigenvalue weighted by molar-refractivity contribution is 6.04. The number of carbonyl (C=O) groups excluding carboxylic acids is 1. The summed E-state index contributed by atoms with van der Waals surface area (Å²) in [5.74, 6) is -0.131. The normalized spacial score (nSPS) is 11.2. The summed E-state index contributed by atoms with van der Waals surface area (Å²) in [6.45, 7) is 6.49. The topological polar surface area (TPSA) is 55.1 Å². The van der Waals surface area contributed by atoms with E-state index in [9.17, 15) is 4.79 Å². The van der Waals surface area contributed by atoms with Crippen LogP contribution in [0.3, 0.4) is 0 Å². The minimum atomic E-state index is -0.131. The van der Waals surface area contributed by atoms with E-state index < -0.39 is 0 Å². The third-order valence-corrected chi connectivity index (χ3v) is 3.18. The third kappa shape index (κ3) is 3.38. The molecule has 0 bridgehead atoms. The first-order chi connectivity index (χ1) is 9.36. The second-order valence-electron chi connectivity index (χ2n) is 5.90. The maximum Gasteiger partial charge on any atom is 0.255 e. The Morgan fingerprint density at radius 1 is 0.950 bits per heavy atom. The molecule has 0 fully saturated rings. The zero-order valence-corrected chi connectivity index (χ0v) is 12.1. The summed E-state index contributed by atoms with van der Waals surface area (Å²) in [5, 5.41) is 2.88. The van der Waals surface area contributed by atoms with Crippen molar-refractivity contribution < 1.29 is 4.79 Å². The van der Waals surface area contributed by atoms with Gasteiger partial charge in [-0.05, 0) is 47.4 Å². The summed E-state index contributed by atoms with van der Waals surface area (Å²) in [6, 6.07) is 14.8. The van der Waals surface area contributed by atoms with Crippen molar-refractivity contribution in [2.75, 3.05) is 11.1 Å². The Morgan fingerprint density at radius 2 is 1.50 bits per heavy atom. The van der Waals surface area contributed by atoms with Crippen molar-refractivity contribution >= 4 is 17.3 Å². The Bertz CT molecular complexity index is 592. The molecule has 0 spiro atoms. The van der Waals surface area contributed by atoms with Crippen LogP contribution in [-0.4, -0.2) is 5.91 Å². The summed E-state index contributed by atoms with van der Waals surface area (Å²) >= 11 is 0. The van der Waals surface area contributed by atoms with Crippen LogP contribution in [0.2, 0.25) is 0 Å². The van der Waals surface area contributed by atoms with Gasteiger partial charge in [-0.15, -0.1) is 0 Å². The van der Waals surface area contributed by atoms with E-state index in [1.165, 1.54) is 5.56 Å². The predicted octanol–water partition coefficient (Wildman–Crippen LogP) is 3.82. The van der Waals surface area contributed by atoms with Gasteiger partial charge in [0.15, 0.2) is 0 Å². The maximum absolute atomic E-state index is 12.1. The second-order valence-corrected chi connectivity index (χ2v) is 5.90. The molecule has 104 valence electrons. The molecule has 3 heteroatoms. The fourth-order valence-electron chi connectivity index (χ4n) is 1.89. The molecule has 0 saturated heterocycles. The van der Waals surface area contributed by atoms with Crippen LogP contribution in [0.5, 0.6) is 0 Å². The van der Waals surface area contributed by atoms with Crippen LogP contribution >= 0.6 is 0 Å². The molecule has 3 N–H and O–H groups in total. The minimum Gasteiger partial charge on any atom is -0.399 e. The zero-order valence-electron chi connectivity index (χ0n) is 12.1. The smallest absolute Gasteiger partial charge is 0.255 e. The third-order valence-electron chi connectivity index (χ3n) is 3.18. The Kier molecular flexibility index (Phi) is 3.79. The van der Waals surface area contributed by atoms with Gasteiger partial charge in [-0.2, -0.15) is 0 Å². The average molecular weight is 268 g/mol. The van der Waals surface area contributed by atoms with Gasteiger partial charge in [-0.3, -0.25) is 4.79 Å². The molecule has 0 radical (unpaired) electrons. The van der Waals surface area contributed by atoms with Gasteiger partial charge in [0, 0.05) is 16.9 Å². The molecule has 0 heterocycles. The lowest BCUT2D eigenvalue weighted by Gasteiger charge is -2.19.